The zero-order valence-corrected chi connectivity index (χ0v) is 25.9. The summed E-state index contributed by atoms with van der Waals surface area (Å²) in [6, 6.07) is 37.2. The molecule has 0 aliphatic heterocycles. The number of fused-ring (bicyclic) bond motifs is 3. The van der Waals surface area contributed by atoms with Gasteiger partial charge in [-0.25, -0.2) is 0 Å². The van der Waals surface area contributed by atoms with E-state index in [-0.39, 0.29) is 6.04 Å². The Morgan fingerprint density at radius 3 is 1.94 bits per heavy atom. The number of rotatable bonds is 7. The van der Waals surface area contributed by atoms with E-state index in [0.29, 0.717) is 0 Å². The molecule has 1 nitrogen and oxygen atoms in total. The molecule has 1 atom stereocenters. The molecule has 1 aliphatic carbocycles. The molecule has 0 bridgehead atoms. The number of halogens is 2. The average molecular weight is 670 g/mol. The Morgan fingerprint density at radius 2 is 1.32 bits per heavy atom. The van der Waals surface area contributed by atoms with Gasteiger partial charge in [-0.2, -0.15) is 0 Å². The molecule has 0 saturated heterocycles. The van der Waals surface area contributed by atoms with Crippen LogP contribution < -0.4 is 17.0 Å². The Morgan fingerprint density at radius 1 is 0.765 bits per heavy atom. The van der Waals surface area contributed by atoms with E-state index in [0.717, 1.165) is 12.8 Å². The zero-order chi connectivity index (χ0) is 23.8. The molecule has 0 aromatic heterocycles. The van der Waals surface area contributed by atoms with Crippen LogP contribution in [0.3, 0.4) is 0 Å². The van der Waals surface area contributed by atoms with E-state index in [4.69, 9.17) is 17.2 Å². The summed E-state index contributed by atoms with van der Waals surface area (Å²) < 4.78 is 5.21. The van der Waals surface area contributed by atoms with E-state index in [1.807, 2.05) is 0 Å². The van der Waals surface area contributed by atoms with Crippen LogP contribution in [0.15, 0.2) is 103 Å². The first-order valence-corrected chi connectivity index (χ1v) is 32.5. The summed E-state index contributed by atoms with van der Waals surface area (Å²) in [5.74, 6) is -2.08. The summed E-state index contributed by atoms with van der Waals surface area (Å²) in [6.45, 7) is 4.43. The first-order chi connectivity index (χ1) is 16.4. The van der Waals surface area contributed by atoms with Crippen LogP contribution in [0.5, 0.6) is 0 Å². The third kappa shape index (κ3) is 4.20. The quantitative estimate of drug-likeness (QED) is 0.219. The van der Waals surface area contributed by atoms with Crippen molar-refractivity contribution in [2.24, 2.45) is 0 Å². The molecule has 1 N–H and O–H groups in total. The molecule has 1 aliphatic rings. The summed E-state index contributed by atoms with van der Waals surface area (Å²) in [6.07, 6.45) is 1.87. The fraction of sp³-hybridized carbons (Fsp3) is 0.172. The van der Waals surface area contributed by atoms with Gasteiger partial charge in [0, 0.05) is 0 Å². The third-order valence-electron chi connectivity index (χ3n) is 7.24. The predicted octanol–water partition coefficient (Wildman–Crippen LogP) is 5.72. The van der Waals surface area contributed by atoms with Gasteiger partial charge in [0.25, 0.3) is 0 Å². The SMILES string of the molecule is CCC(C)[NH][Hf]([Cl])([Cl])([c]1cccc2c1Cc1ccccc1-2)[SiH](c1ccccc1)c1ccccc1. The summed E-state index contributed by atoms with van der Waals surface area (Å²) in [7, 11) is 16.4. The molecule has 0 radical (unpaired) electrons. The molecule has 0 fully saturated rings. The van der Waals surface area contributed by atoms with Crippen molar-refractivity contribution in [2.75, 3.05) is 0 Å². The van der Waals surface area contributed by atoms with Crippen molar-refractivity contribution in [2.45, 2.75) is 32.7 Å². The van der Waals surface area contributed by atoms with Gasteiger partial charge in [0.05, 0.1) is 0 Å². The first kappa shape index (κ1) is 24.2. The van der Waals surface area contributed by atoms with Crippen molar-refractivity contribution in [3.63, 3.8) is 0 Å². The van der Waals surface area contributed by atoms with Gasteiger partial charge in [0.2, 0.25) is 0 Å². The van der Waals surface area contributed by atoms with Crippen molar-refractivity contribution in [3.8, 4) is 11.1 Å². The van der Waals surface area contributed by atoms with Gasteiger partial charge in [0.15, 0.2) is 0 Å². The summed E-state index contributed by atoms with van der Waals surface area (Å²) in [5.41, 5.74) is 5.28. The van der Waals surface area contributed by atoms with E-state index in [1.54, 1.807) is 0 Å². The Kier molecular flexibility index (Phi) is 6.78. The Bertz CT molecular complexity index is 1270. The van der Waals surface area contributed by atoms with Crippen molar-refractivity contribution in [1.82, 2.24) is 3.30 Å². The standard InChI is InChI=1S/C13H9.C12H11Si.C4H10N.2ClH.Hf/c1-3-7-12-10(5-1)9-11-6-2-4-8-13(11)12;1-3-7-11(8-4-1)13-12-9-5-2-6-10-12;1-3-4(2)5;;;/h1-5,7-8H,9H2;1-10,13H;4-5H,3H2,1-2H3;2*1H;/q;;-1;;;+3/p-2. The fourth-order valence-electron chi connectivity index (χ4n) is 5.53. The van der Waals surface area contributed by atoms with Crippen LogP contribution in [0.1, 0.15) is 31.4 Å². The molecular weight excluding hydrogens is 640 g/mol. The molecule has 34 heavy (non-hydrogen) atoms. The van der Waals surface area contributed by atoms with Crippen molar-refractivity contribution in [1.29, 1.82) is 0 Å². The minimum absolute atomic E-state index is 0.229. The van der Waals surface area contributed by atoms with E-state index in [2.05, 4.69) is 120 Å². The van der Waals surface area contributed by atoms with Gasteiger partial charge in [-0.1, -0.05) is 0 Å². The van der Waals surface area contributed by atoms with Gasteiger partial charge in [0.1, 0.15) is 0 Å². The van der Waals surface area contributed by atoms with Crippen LogP contribution in [0, 0.1) is 0 Å². The third-order valence-corrected chi connectivity index (χ3v) is 57.1. The second-order valence-electron chi connectivity index (χ2n) is 9.45. The van der Waals surface area contributed by atoms with E-state index in [9.17, 15) is 0 Å². The van der Waals surface area contributed by atoms with Gasteiger partial charge in [-0.15, -0.1) is 0 Å². The predicted molar refractivity (Wildman–Crippen MR) is 148 cm³/mol. The molecule has 4 aromatic carbocycles. The van der Waals surface area contributed by atoms with Gasteiger partial charge in [-0.05, 0) is 0 Å². The maximum absolute atomic E-state index is 8.19. The second-order valence-corrected chi connectivity index (χ2v) is 58.5. The van der Waals surface area contributed by atoms with Crippen LogP contribution in [-0.4, -0.2) is 12.0 Å². The maximum atomic E-state index is 8.19. The molecule has 173 valence electrons. The molecule has 5 rings (SSSR count). The number of hydrogen-bond acceptors (Lipinski definition) is 1. The molecule has 1 unspecified atom stereocenters. The monoisotopic (exact) mass is 670 g/mol. The van der Waals surface area contributed by atoms with E-state index in [1.165, 1.54) is 35.9 Å². The van der Waals surface area contributed by atoms with Gasteiger partial charge in [-0.3, -0.25) is 0 Å². The van der Waals surface area contributed by atoms with Crippen molar-refractivity contribution >= 4 is 36.8 Å². The van der Waals surface area contributed by atoms with Crippen LogP contribution in [-0.2, 0) is 22.0 Å². The van der Waals surface area contributed by atoms with Crippen LogP contribution in [0.4, 0.5) is 0 Å². The normalized spacial score (nSPS) is 14.8. The zero-order valence-electron chi connectivity index (χ0n) is 19.6. The minimum atomic E-state index is -5.07. The van der Waals surface area contributed by atoms with E-state index >= 15 is 0 Å². The Labute approximate surface area is 212 Å². The summed E-state index contributed by atoms with van der Waals surface area (Å²) in [5, 5.41) is 2.61. The van der Waals surface area contributed by atoms with Crippen LogP contribution in [0.2, 0.25) is 0 Å². The average Bonchev–Trinajstić information content (AvgIpc) is 3.24. The number of hydrogen-bond donors (Lipinski definition) is 1. The molecule has 0 amide bonds. The molecule has 0 saturated carbocycles. The van der Waals surface area contributed by atoms with Crippen LogP contribution in [0.25, 0.3) is 11.1 Å². The van der Waals surface area contributed by atoms with E-state index < -0.39 is 21.6 Å². The Hall–Kier alpha value is -1.49. The molecule has 5 heteroatoms. The first-order valence-electron chi connectivity index (χ1n) is 12.1. The fourth-order valence-corrected chi connectivity index (χ4v) is 62.3. The Balaban J connectivity index is 1.81. The van der Waals surface area contributed by atoms with Crippen molar-refractivity contribution < 1.29 is 15.6 Å². The van der Waals surface area contributed by atoms with Crippen LogP contribution >= 0.6 is 17.2 Å². The summed E-state index contributed by atoms with van der Waals surface area (Å²) in [4.78, 5) is 0. The molecule has 0 heterocycles. The van der Waals surface area contributed by atoms with Gasteiger partial charge >= 0.3 is 214 Å². The second kappa shape index (κ2) is 9.52. The number of benzene rings is 4. The molecule has 4 aromatic rings. The molecular formula is C29H30Cl2HfNSi. The van der Waals surface area contributed by atoms with Gasteiger partial charge < -0.3 is 0 Å². The topological polar surface area (TPSA) is 12.0 Å². The summed E-state index contributed by atoms with van der Waals surface area (Å²) >= 11 is -5.07. The molecule has 0 spiro atoms. The number of nitrogens with one attached hydrogen (secondary N) is 1. The van der Waals surface area contributed by atoms with Crippen molar-refractivity contribution in [3.05, 3.63) is 114 Å².